The molecule has 0 bridgehead atoms. The van der Waals surface area contributed by atoms with E-state index < -0.39 is 0 Å². The lowest BCUT2D eigenvalue weighted by Crippen LogP contribution is -2.42. The molecule has 0 radical (unpaired) electrons. The highest BCUT2D eigenvalue weighted by atomic mass is 16.5. The number of guanidine groups is 1. The van der Waals surface area contributed by atoms with E-state index in [9.17, 15) is 0 Å². The Morgan fingerprint density at radius 3 is 2.62 bits per heavy atom. The number of methoxy groups -OCH3 is 2. The smallest absolute Gasteiger partial charge is 0.191 e. The van der Waals surface area contributed by atoms with E-state index in [0.717, 1.165) is 68.8 Å². The molecule has 1 saturated heterocycles. The van der Waals surface area contributed by atoms with Crippen LogP contribution in [0.4, 0.5) is 0 Å². The van der Waals surface area contributed by atoms with Crippen molar-refractivity contribution in [2.75, 3.05) is 60.2 Å². The molecular weight excluding hydrogens is 368 g/mol. The highest BCUT2D eigenvalue weighted by Gasteiger charge is 2.24. The molecule has 1 unspecified atom stereocenters. The first-order valence-corrected chi connectivity index (χ1v) is 10.4. The number of aliphatic imine (C=N–C) groups is 1. The van der Waals surface area contributed by atoms with Crippen molar-refractivity contribution in [3.8, 4) is 11.5 Å². The van der Waals surface area contributed by atoms with Gasteiger partial charge in [-0.2, -0.15) is 0 Å². The van der Waals surface area contributed by atoms with E-state index in [1.807, 2.05) is 13.0 Å². The second-order valence-electron chi connectivity index (χ2n) is 6.78. The Hall–Kier alpha value is -2.25. The molecule has 1 aliphatic heterocycles. The van der Waals surface area contributed by atoms with Crippen LogP contribution >= 0.6 is 0 Å². The molecule has 162 valence electrons. The van der Waals surface area contributed by atoms with E-state index in [1.54, 1.807) is 14.2 Å². The fourth-order valence-electron chi connectivity index (χ4n) is 3.34. The lowest BCUT2D eigenvalue weighted by Gasteiger charge is -2.34. The summed E-state index contributed by atoms with van der Waals surface area (Å²) >= 11 is 0. The Kier molecular flexibility index (Phi) is 10.4. The van der Waals surface area contributed by atoms with Crippen molar-refractivity contribution in [2.45, 2.75) is 26.3 Å². The van der Waals surface area contributed by atoms with Crippen LogP contribution in [0, 0.1) is 0 Å². The minimum Gasteiger partial charge on any atom is -0.493 e. The molecule has 7 heteroatoms. The zero-order chi connectivity index (χ0) is 20.9. The van der Waals surface area contributed by atoms with Gasteiger partial charge in [-0.25, -0.2) is 0 Å². The van der Waals surface area contributed by atoms with E-state index in [4.69, 9.17) is 19.2 Å². The Labute approximate surface area is 175 Å². The quantitative estimate of drug-likeness (QED) is 0.270. The molecule has 7 nitrogen and oxygen atoms in total. The summed E-state index contributed by atoms with van der Waals surface area (Å²) in [6, 6.07) is 6.26. The van der Waals surface area contributed by atoms with Gasteiger partial charge in [-0.1, -0.05) is 18.2 Å². The van der Waals surface area contributed by atoms with Gasteiger partial charge in [-0.15, -0.1) is 0 Å². The van der Waals surface area contributed by atoms with Crippen LogP contribution < -0.4 is 20.1 Å². The fourth-order valence-corrected chi connectivity index (χ4v) is 3.34. The Balaban J connectivity index is 2.20. The minimum absolute atomic E-state index is 0.143. The van der Waals surface area contributed by atoms with Gasteiger partial charge in [0.15, 0.2) is 17.5 Å². The molecule has 0 saturated carbocycles. The Morgan fingerprint density at radius 2 is 1.97 bits per heavy atom. The zero-order valence-corrected chi connectivity index (χ0v) is 18.2. The lowest BCUT2D eigenvalue weighted by atomic mass is 10.0. The van der Waals surface area contributed by atoms with Crippen molar-refractivity contribution in [3.63, 3.8) is 0 Å². The van der Waals surface area contributed by atoms with Crippen LogP contribution in [0.1, 0.15) is 31.9 Å². The molecule has 0 aliphatic carbocycles. The lowest BCUT2D eigenvalue weighted by molar-refractivity contribution is 0.0179. The summed E-state index contributed by atoms with van der Waals surface area (Å²) in [5, 5.41) is 6.74. The van der Waals surface area contributed by atoms with Gasteiger partial charge in [-0.05, 0) is 38.0 Å². The summed E-state index contributed by atoms with van der Waals surface area (Å²) in [5.74, 6) is 2.32. The molecule has 2 N–H and O–H groups in total. The van der Waals surface area contributed by atoms with Crippen molar-refractivity contribution in [1.82, 2.24) is 15.5 Å². The molecule has 0 amide bonds. The van der Waals surface area contributed by atoms with Crippen LogP contribution in [0.2, 0.25) is 0 Å². The van der Waals surface area contributed by atoms with Crippen LogP contribution in [0.15, 0.2) is 35.3 Å². The monoisotopic (exact) mass is 404 g/mol. The van der Waals surface area contributed by atoms with Crippen molar-refractivity contribution in [2.24, 2.45) is 4.99 Å². The highest BCUT2D eigenvalue weighted by Crippen LogP contribution is 2.32. The summed E-state index contributed by atoms with van der Waals surface area (Å²) < 4.78 is 16.5. The molecule has 2 rings (SSSR count). The van der Waals surface area contributed by atoms with Gasteiger partial charge < -0.3 is 24.8 Å². The molecule has 0 spiro atoms. The highest BCUT2D eigenvalue weighted by molar-refractivity contribution is 5.79. The van der Waals surface area contributed by atoms with E-state index in [1.165, 1.54) is 0 Å². The third-order valence-corrected chi connectivity index (χ3v) is 4.88. The number of hydrogen-bond acceptors (Lipinski definition) is 5. The van der Waals surface area contributed by atoms with Gasteiger partial charge in [0, 0.05) is 26.2 Å². The number of nitrogens with zero attached hydrogens (tertiary/aromatic N) is 2. The number of rotatable bonds is 10. The van der Waals surface area contributed by atoms with Crippen molar-refractivity contribution >= 4 is 5.96 Å². The van der Waals surface area contributed by atoms with Gasteiger partial charge in [0.05, 0.1) is 40.0 Å². The van der Waals surface area contributed by atoms with Gasteiger partial charge in [-0.3, -0.25) is 9.89 Å². The number of ether oxygens (including phenoxy) is 3. The predicted molar refractivity (Wildman–Crippen MR) is 118 cm³/mol. The van der Waals surface area contributed by atoms with E-state index in [2.05, 4.69) is 46.7 Å². The van der Waals surface area contributed by atoms with Crippen LogP contribution in [0.3, 0.4) is 0 Å². The SMILES string of the molecule is C/C=C/CCNC(=NCC(c1ccc(OC)c(OC)c1)N1CCOCC1)NCC. The van der Waals surface area contributed by atoms with Crippen molar-refractivity contribution in [1.29, 1.82) is 0 Å². The third kappa shape index (κ3) is 7.25. The number of benzene rings is 1. The first kappa shape index (κ1) is 23.0. The van der Waals surface area contributed by atoms with E-state index in [-0.39, 0.29) is 6.04 Å². The van der Waals surface area contributed by atoms with E-state index in [0.29, 0.717) is 6.54 Å². The van der Waals surface area contributed by atoms with Gasteiger partial charge in [0.1, 0.15) is 0 Å². The van der Waals surface area contributed by atoms with Crippen LogP contribution in [0.25, 0.3) is 0 Å². The number of nitrogens with one attached hydrogen (secondary N) is 2. The fraction of sp³-hybridized carbons (Fsp3) is 0.591. The first-order chi connectivity index (χ1) is 14.2. The average Bonchev–Trinajstić information content (AvgIpc) is 2.77. The third-order valence-electron chi connectivity index (χ3n) is 4.88. The summed E-state index contributed by atoms with van der Waals surface area (Å²) in [5.41, 5.74) is 1.16. The second-order valence-corrected chi connectivity index (χ2v) is 6.78. The Bertz CT molecular complexity index is 657. The standard InChI is InChI=1S/C22H36N4O3/c1-5-7-8-11-24-22(23-6-2)25-17-19(26-12-14-29-15-13-26)18-9-10-20(27-3)21(16-18)28-4/h5,7,9-10,16,19H,6,8,11-15,17H2,1-4H3,(H2,23,24,25)/b7-5+. The van der Waals surface area contributed by atoms with Crippen LogP contribution in [-0.4, -0.2) is 71.0 Å². The average molecular weight is 405 g/mol. The summed E-state index contributed by atoms with van der Waals surface area (Å²) in [4.78, 5) is 7.31. The maximum atomic E-state index is 5.55. The molecule has 1 aromatic carbocycles. The van der Waals surface area contributed by atoms with E-state index >= 15 is 0 Å². The molecule has 1 aliphatic rings. The van der Waals surface area contributed by atoms with Crippen LogP contribution in [-0.2, 0) is 4.74 Å². The van der Waals surface area contributed by atoms with Crippen molar-refractivity contribution in [3.05, 3.63) is 35.9 Å². The largest absolute Gasteiger partial charge is 0.493 e. The molecule has 1 aromatic rings. The van der Waals surface area contributed by atoms with Gasteiger partial charge >= 0.3 is 0 Å². The summed E-state index contributed by atoms with van der Waals surface area (Å²) in [6.07, 6.45) is 5.19. The number of hydrogen-bond donors (Lipinski definition) is 2. The van der Waals surface area contributed by atoms with Crippen LogP contribution in [0.5, 0.6) is 11.5 Å². The second kappa shape index (κ2) is 13.1. The molecule has 29 heavy (non-hydrogen) atoms. The summed E-state index contributed by atoms with van der Waals surface area (Å²) in [7, 11) is 3.32. The molecule has 0 aromatic heterocycles. The first-order valence-electron chi connectivity index (χ1n) is 10.4. The molecule has 1 fully saturated rings. The number of morpholine rings is 1. The predicted octanol–water partition coefficient (Wildman–Crippen LogP) is 2.60. The maximum Gasteiger partial charge on any atom is 0.191 e. The molecular formula is C22H36N4O3. The normalized spacial score (nSPS) is 16.6. The maximum absolute atomic E-state index is 5.55. The summed E-state index contributed by atoms with van der Waals surface area (Å²) in [6.45, 7) is 9.72. The van der Waals surface area contributed by atoms with Gasteiger partial charge in [0.25, 0.3) is 0 Å². The Morgan fingerprint density at radius 1 is 1.21 bits per heavy atom. The minimum atomic E-state index is 0.143. The van der Waals surface area contributed by atoms with Gasteiger partial charge in [0.2, 0.25) is 0 Å². The topological polar surface area (TPSA) is 67.4 Å². The zero-order valence-electron chi connectivity index (χ0n) is 18.2. The molecule has 1 atom stereocenters. The van der Waals surface area contributed by atoms with Crippen molar-refractivity contribution < 1.29 is 14.2 Å². The molecule has 1 heterocycles. The number of allylic oxidation sites excluding steroid dienone is 1.